The second-order valence-electron chi connectivity index (χ2n) is 16.0. The Balaban J connectivity index is 1.20. The number of para-hydroxylation sites is 2. The lowest BCUT2D eigenvalue weighted by Crippen LogP contribution is -2.15. The first-order chi connectivity index (χ1) is 29.0. The highest BCUT2D eigenvalue weighted by Gasteiger charge is 2.37. The monoisotopic (exact) mass is 771 g/mol. The fraction of sp³-hybridized carbons (Fsp3) is 0.0526. The zero-order valence-corrected chi connectivity index (χ0v) is 33.9. The Morgan fingerprint density at radius 3 is 1.69 bits per heavy atom. The highest BCUT2D eigenvalue weighted by Crippen LogP contribution is 2.55. The summed E-state index contributed by atoms with van der Waals surface area (Å²) < 4.78 is 2.62. The number of hydrogen-bond acceptors (Lipinski definition) is 2. The number of fused-ring (bicyclic) bond motifs is 6. The second kappa shape index (κ2) is 14.1. The highest BCUT2D eigenvalue weighted by atomic mass is 32.1. The van der Waals surface area contributed by atoms with Gasteiger partial charge in [0.25, 0.3) is 0 Å². The molecule has 2 heteroatoms. The van der Waals surface area contributed by atoms with Crippen LogP contribution in [0.4, 0.5) is 17.1 Å². The van der Waals surface area contributed by atoms with E-state index in [-0.39, 0.29) is 5.41 Å². The highest BCUT2D eigenvalue weighted by molar-refractivity contribution is 7.25. The lowest BCUT2D eigenvalue weighted by molar-refractivity contribution is 0.660. The summed E-state index contributed by atoms with van der Waals surface area (Å²) in [4.78, 5) is 2.53. The number of benzene rings is 9. The van der Waals surface area contributed by atoms with Crippen molar-refractivity contribution in [3.05, 3.63) is 223 Å². The van der Waals surface area contributed by atoms with E-state index in [1.54, 1.807) is 0 Å². The molecule has 0 saturated carbocycles. The minimum absolute atomic E-state index is 0.110. The summed E-state index contributed by atoms with van der Waals surface area (Å²) in [7, 11) is 0. The summed E-state index contributed by atoms with van der Waals surface area (Å²) in [5.74, 6) is 0. The number of hydrogen-bond donors (Lipinski definition) is 0. The Bertz CT molecular complexity index is 3190. The predicted molar refractivity (Wildman–Crippen MR) is 253 cm³/mol. The number of nitrogens with zero attached hydrogens (tertiary/aromatic N) is 1. The number of thiophene rings is 1. The van der Waals surface area contributed by atoms with Crippen LogP contribution in [0.2, 0.25) is 0 Å². The van der Waals surface area contributed by atoms with Crippen LogP contribution >= 0.6 is 11.3 Å². The van der Waals surface area contributed by atoms with Gasteiger partial charge in [-0.15, -0.1) is 11.3 Å². The van der Waals surface area contributed by atoms with E-state index >= 15 is 0 Å². The van der Waals surface area contributed by atoms with Crippen molar-refractivity contribution in [2.45, 2.75) is 19.3 Å². The lowest BCUT2D eigenvalue weighted by Gasteiger charge is -2.32. The predicted octanol–water partition coefficient (Wildman–Crippen LogP) is 16.5. The standard InChI is InChI=1S/C57H41NS/c1-57(2)49-27-13-9-25-46(49)56-45(26-17-28-50(56)57)43-23-11-15-30-52(43)58(53-34-32-40(38-18-5-3-6-19-38)36-47(53)39-20-7-4-8-21-39)51-29-14-10-22-42(51)41-33-35-55-48(37-41)44-24-12-16-31-54(44)59-55/h3-37H,1-2H3. The third-order valence-electron chi connectivity index (χ3n) is 12.3. The number of rotatable bonds is 7. The van der Waals surface area contributed by atoms with Gasteiger partial charge < -0.3 is 4.90 Å². The summed E-state index contributed by atoms with van der Waals surface area (Å²) in [5, 5.41) is 2.60. The van der Waals surface area contributed by atoms with Gasteiger partial charge >= 0.3 is 0 Å². The Morgan fingerprint density at radius 2 is 0.898 bits per heavy atom. The topological polar surface area (TPSA) is 3.24 Å². The third-order valence-corrected chi connectivity index (χ3v) is 13.5. The van der Waals surface area contributed by atoms with E-state index in [2.05, 4.69) is 231 Å². The zero-order chi connectivity index (χ0) is 39.5. The van der Waals surface area contributed by atoms with Gasteiger partial charge in [-0.1, -0.05) is 184 Å². The molecule has 0 bridgehead atoms. The van der Waals surface area contributed by atoms with Crippen LogP contribution in [-0.2, 0) is 5.41 Å². The number of anilines is 3. The average Bonchev–Trinajstić information content (AvgIpc) is 3.79. The second-order valence-corrected chi connectivity index (χ2v) is 17.1. The van der Waals surface area contributed by atoms with Gasteiger partial charge in [-0.05, 0) is 92.5 Å². The van der Waals surface area contributed by atoms with Crippen LogP contribution in [-0.4, -0.2) is 0 Å². The van der Waals surface area contributed by atoms with Crippen LogP contribution in [0.5, 0.6) is 0 Å². The Kier molecular flexibility index (Phi) is 8.43. The molecule has 0 spiro atoms. The summed E-state index contributed by atoms with van der Waals surface area (Å²) in [6.45, 7) is 4.73. The molecule has 9 aromatic carbocycles. The van der Waals surface area contributed by atoms with Crippen molar-refractivity contribution < 1.29 is 0 Å². The summed E-state index contributed by atoms with van der Waals surface area (Å²) in [5.41, 5.74) is 18.2. The molecule has 0 atom stereocenters. The SMILES string of the molecule is CC1(C)c2ccccc2-c2c(-c3ccccc3N(c3ccccc3-c3ccc4sc5ccccc5c4c3)c3ccc(-c4ccccc4)cc3-c3ccccc3)cccc21. The van der Waals surface area contributed by atoms with Crippen LogP contribution in [0.25, 0.3) is 75.8 Å². The van der Waals surface area contributed by atoms with E-state index in [0.717, 1.165) is 17.1 Å². The molecule has 1 aliphatic carbocycles. The van der Waals surface area contributed by atoms with Gasteiger partial charge in [0.05, 0.1) is 17.1 Å². The van der Waals surface area contributed by atoms with Gasteiger partial charge in [0.2, 0.25) is 0 Å². The first kappa shape index (κ1) is 35.2. The van der Waals surface area contributed by atoms with E-state index in [4.69, 9.17) is 0 Å². The first-order valence-electron chi connectivity index (χ1n) is 20.4. The van der Waals surface area contributed by atoms with E-state index in [0.29, 0.717) is 0 Å². The minimum Gasteiger partial charge on any atom is -0.309 e. The summed E-state index contributed by atoms with van der Waals surface area (Å²) >= 11 is 1.86. The smallest absolute Gasteiger partial charge is 0.0540 e. The van der Waals surface area contributed by atoms with E-state index in [1.165, 1.54) is 86.9 Å². The normalized spacial score (nSPS) is 12.7. The van der Waals surface area contributed by atoms with Crippen molar-refractivity contribution in [3.8, 4) is 55.6 Å². The Labute approximate surface area is 350 Å². The molecule has 10 aromatic rings. The molecule has 59 heavy (non-hydrogen) atoms. The molecule has 1 aromatic heterocycles. The molecule has 0 N–H and O–H groups in total. The fourth-order valence-electron chi connectivity index (χ4n) is 9.46. The largest absolute Gasteiger partial charge is 0.309 e. The maximum absolute atomic E-state index is 2.53. The van der Waals surface area contributed by atoms with Gasteiger partial charge in [0, 0.05) is 42.3 Å². The zero-order valence-electron chi connectivity index (χ0n) is 33.1. The molecule has 0 fully saturated rings. The lowest BCUT2D eigenvalue weighted by atomic mass is 9.82. The maximum atomic E-state index is 2.53. The molecule has 0 aliphatic heterocycles. The molecule has 0 amide bonds. The third kappa shape index (κ3) is 5.82. The van der Waals surface area contributed by atoms with Crippen molar-refractivity contribution in [2.75, 3.05) is 4.90 Å². The van der Waals surface area contributed by atoms with Gasteiger partial charge in [-0.3, -0.25) is 0 Å². The van der Waals surface area contributed by atoms with Gasteiger partial charge in [-0.25, -0.2) is 0 Å². The van der Waals surface area contributed by atoms with Crippen LogP contribution in [0.3, 0.4) is 0 Å². The Morgan fingerprint density at radius 1 is 0.339 bits per heavy atom. The quantitative estimate of drug-likeness (QED) is 0.156. The van der Waals surface area contributed by atoms with Crippen LogP contribution in [0.1, 0.15) is 25.0 Å². The van der Waals surface area contributed by atoms with Crippen molar-refractivity contribution in [1.29, 1.82) is 0 Å². The molecular weight excluding hydrogens is 731 g/mol. The van der Waals surface area contributed by atoms with Gasteiger partial charge in [-0.2, -0.15) is 0 Å². The summed E-state index contributed by atoms with van der Waals surface area (Å²) in [6, 6.07) is 78.2. The maximum Gasteiger partial charge on any atom is 0.0540 e. The molecule has 1 heterocycles. The molecular formula is C57H41NS. The molecule has 0 saturated heterocycles. The van der Waals surface area contributed by atoms with Crippen LogP contribution in [0, 0.1) is 0 Å². The van der Waals surface area contributed by atoms with Crippen LogP contribution < -0.4 is 4.90 Å². The summed E-state index contributed by atoms with van der Waals surface area (Å²) in [6.07, 6.45) is 0. The fourth-order valence-corrected chi connectivity index (χ4v) is 10.5. The van der Waals surface area contributed by atoms with Crippen molar-refractivity contribution in [1.82, 2.24) is 0 Å². The van der Waals surface area contributed by atoms with E-state index < -0.39 is 0 Å². The van der Waals surface area contributed by atoms with Gasteiger partial charge in [0.15, 0.2) is 0 Å². The van der Waals surface area contributed by atoms with E-state index in [9.17, 15) is 0 Å². The average molecular weight is 772 g/mol. The molecule has 0 radical (unpaired) electrons. The molecule has 280 valence electrons. The van der Waals surface area contributed by atoms with Crippen LogP contribution in [0.15, 0.2) is 212 Å². The minimum atomic E-state index is -0.110. The molecule has 11 rings (SSSR count). The van der Waals surface area contributed by atoms with Gasteiger partial charge in [0.1, 0.15) is 0 Å². The van der Waals surface area contributed by atoms with Crippen molar-refractivity contribution >= 4 is 48.6 Å². The van der Waals surface area contributed by atoms with E-state index in [1.807, 2.05) is 11.3 Å². The van der Waals surface area contributed by atoms with Crippen molar-refractivity contribution in [3.63, 3.8) is 0 Å². The Hall–Kier alpha value is -7.00. The molecule has 1 aliphatic rings. The first-order valence-corrected chi connectivity index (χ1v) is 21.2. The van der Waals surface area contributed by atoms with Crippen molar-refractivity contribution in [2.24, 2.45) is 0 Å². The molecule has 1 nitrogen and oxygen atoms in total. The molecule has 0 unspecified atom stereocenters.